The van der Waals surface area contributed by atoms with Crippen LogP contribution in [-0.2, 0) is 11.2 Å². The third-order valence-corrected chi connectivity index (χ3v) is 3.28. The Morgan fingerprint density at radius 3 is 2.95 bits per heavy atom. The molecule has 0 spiro atoms. The van der Waals surface area contributed by atoms with Gasteiger partial charge in [0.1, 0.15) is 5.82 Å². The molecule has 0 aliphatic heterocycles. The number of para-hydroxylation sites is 1. The van der Waals surface area contributed by atoms with E-state index >= 15 is 0 Å². The SMILES string of the molecule is O=C(Cc1c[nH]c2ccccc12)N/N=C/c1cccc(F)c1. The second-order valence-electron chi connectivity index (χ2n) is 4.88. The van der Waals surface area contributed by atoms with Gasteiger partial charge in [0, 0.05) is 17.1 Å². The summed E-state index contributed by atoms with van der Waals surface area (Å²) in [6, 6.07) is 13.8. The first-order valence-electron chi connectivity index (χ1n) is 6.85. The number of hydrazone groups is 1. The minimum absolute atomic E-state index is 0.225. The third-order valence-electron chi connectivity index (χ3n) is 3.28. The number of fused-ring (bicyclic) bond motifs is 1. The van der Waals surface area contributed by atoms with E-state index in [4.69, 9.17) is 0 Å². The summed E-state index contributed by atoms with van der Waals surface area (Å²) in [5, 5.41) is 4.86. The van der Waals surface area contributed by atoms with Crippen molar-refractivity contribution in [3.8, 4) is 0 Å². The van der Waals surface area contributed by atoms with E-state index in [2.05, 4.69) is 15.5 Å². The third kappa shape index (κ3) is 3.20. The number of amides is 1. The van der Waals surface area contributed by atoms with Crippen LogP contribution >= 0.6 is 0 Å². The number of benzene rings is 2. The molecule has 3 rings (SSSR count). The van der Waals surface area contributed by atoms with Crippen LogP contribution in [0.3, 0.4) is 0 Å². The Morgan fingerprint density at radius 1 is 1.23 bits per heavy atom. The number of carbonyl (C=O) groups is 1. The van der Waals surface area contributed by atoms with Crippen molar-refractivity contribution >= 4 is 23.0 Å². The number of hydrogen-bond donors (Lipinski definition) is 2. The van der Waals surface area contributed by atoms with Crippen LogP contribution < -0.4 is 5.43 Å². The minimum Gasteiger partial charge on any atom is -0.361 e. The minimum atomic E-state index is -0.339. The molecule has 0 fully saturated rings. The summed E-state index contributed by atoms with van der Waals surface area (Å²) < 4.78 is 13.0. The molecule has 3 aromatic rings. The van der Waals surface area contributed by atoms with Crippen LogP contribution in [0.15, 0.2) is 59.8 Å². The zero-order chi connectivity index (χ0) is 15.4. The van der Waals surface area contributed by atoms with Gasteiger partial charge in [0.15, 0.2) is 0 Å². The molecule has 2 aromatic carbocycles. The number of carbonyl (C=O) groups excluding carboxylic acids is 1. The Bertz CT molecular complexity index is 839. The number of aromatic amines is 1. The van der Waals surface area contributed by atoms with E-state index in [1.54, 1.807) is 12.1 Å². The van der Waals surface area contributed by atoms with Crippen LogP contribution in [0.5, 0.6) is 0 Å². The molecule has 0 aliphatic carbocycles. The van der Waals surface area contributed by atoms with Crippen LogP contribution in [0.1, 0.15) is 11.1 Å². The summed E-state index contributed by atoms with van der Waals surface area (Å²) in [5.41, 5.74) is 4.94. The molecule has 1 amide bonds. The number of hydrogen-bond acceptors (Lipinski definition) is 2. The Balaban J connectivity index is 1.63. The fourth-order valence-corrected chi connectivity index (χ4v) is 2.26. The average Bonchev–Trinajstić information content (AvgIpc) is 2.91. The Kier molecular flexibility index (Phi) is 3.96. The average molecular weight is 295 g/mol. The molecule has 5 heteroatoms. The van der Waals surface area contributed by atoms with E-state index in [1.807, 2.05) is 30.5 Å². The monoisotopic (exact) mass is 295 g/mol. The fourth-order valence-electron chi connectivity index (χ4n) is 2.26. The lowest BCUT2D eigenvalue weighted by atomic mass is 10.1. The van der Waals surface area contributed by atoms with Gasteiger partial charge < -0.3 is 4.98 Å². The first-order chi connectivity index (χ1) is 10.7. The maximum absolute atomic E-state index is 13.0. The first kappa shape index (κ1) is 14.0. The van der Waals surface area contributed by atoms with Gasteiger partial charge in [0.05, 0.1) is 12.6 Å². The first-order valence-corrected chi connectivity index (χ1v) is 6.85. The predicted octanol–water partition coefficient (Wildman–Crippen LogP) is 3.00. The molecule has 0 atom stereocenters. The molecule has 110 valence electrons. The second-order valence-corrected chi connectivity index (χ2v) is 4.88. The number of halogens is 1. The normalized spacial score (nSPS) is 11.1. The molecule has 0 bridgehead atoms. The van der Waals surface area contributed by atoms with Gasteiger partial charge in [-0.15, -0.1) is 0 Å². The number of aromatic nitrogens is 1. The molecule has 0 saturated heterocycles. The van der Waals surface area contributed by atoms with E-state index in [0.717, 1.165) is 16.5 Å². The number of nitrogens with one attached hydrogen (secondary N) is 2. The van der Waals surface area contributed by atoms with Crippen molar-refractivity contribution in [2.45, 2.75) is 6.42 Å². The Morgan fingerprint density at radius 2 is 2.09 bits per heavy atom. The lowest BCUT2D eigenvalue weighted by molar-refractivity contribution is -0.120. The smallest absolute Gasteiger partial charge is 0.244 e. The molecule has 1 aromatic heterocycles. The number of rotatable bonds is 4. The number of nitrogens with zero attached hydrogens (tertiary/aromatic N) is 1. The highest BCUT2D eigenvalue weighted by atomic mass is 19.1. The lowest BCUT2D eigenvalue weighted by Crippen LogP contribution is -2.19. The van der Waals surface area contributed by atoms with Crippen molar-refractivity contribution in [3.05, 3.63) is 71.7 Å². The Hall–Kier alpha value is -2.95. The fraction of sp³-hybridized carbons (Fsp3) is 0.0588. The van der Waals surface area contributed by atoms with E-state index in [9.17, 15) is 9.18 Å². The summed E-state index contributed by atoms with van der Waals surface area (Å²) in [5.74, 6) is -0.563. The maximum atomic E-state index is 13.0. The van der Waals surface area contributed by atoms with Crippen LogP contribution in [0.2, 0.25) is 0 Å². The van der Waals surface area contributed by atoms with Gasteiger partial charge in [-0.25, -0.2) is 9.82 Å². The summed E-state index contributed by atoms with van der Waals surface area (Å²) in [4.78, 5) is 15.0. The van der Waals surface area contributed by atoms with Gasteiger partial charge >= 0.3 is 0 Å². The van der Waals surface area contributed by atoms with E-state index in [-0.39, 0.29) is 18.1 Å². The van der Waals surface area contributed by atoms with Crippen molar-refractivity contribution in [2.75, 3.05) is 0 Å². The van der Waals surface area contributed by atoms with Gasteiger partial charge in [-0.1, -0.05) is 30.3 Å². The lowest BCUT2D eigenvalue weighted by Gasteiger charge is -1.99. The van der Waals surface area contributed by atoms with Gasteiger partial charge in [0.25, 0.3) is 0 Å². The highest BCUT2D eigenvalue weighted by molar-refractivity contribution is 5.89. The molecule has 2 N–H and O–H groups in total. The summed E-state index contributed by atoms with van der Waals surface area (Å²) in [7, 11) is 0. The van der Waals surface area contributed by atoms with Crippen LogP contribution in [0.25, 0.3) is 10.9 Å². The summed E-state index contributed by atoms with van der Waals surface area (Å²) in [6.07, 6.45) is 3.46. The number of H-pyrrole nitrogens is 1. The Labute approximate surface area is 126 Å². The molecule has 1 heterocycles. The molecule has 4 nitrogen and oxygen atoms in total. The van der Waals surface area contributed by atoms with Gasteiger partial charge in [-0.05, 0) is 29.3 Å². The van der Waals surface area contributed by atoms with Gasteiger partial charge in [-0.2, -0.15) is 5.10 Å². The van der Waals surface area contributed by atoms with Crippen molar-refractivity contribution in [2.24, 2.45) is 5.10 Å². The topological polar surface area (TPSA) is 57.2 Å². The summed E-state index contributed by atoms with van der Waals surface area (Å²) in [6.45, 7) is 0. The predicted molar refractivity (Wildman–Crippen MR) is 84.1 cm³/mol. The van der Waals surface area contributed by atoms with E-state index < -0.39 is 0 Å². The molecule has 0 radical (unpaired) electrons. The van der Waals surface area contributed by atoms with Crippen LogP contribution in [0, 0.1) is 5.82 Å². The van der Waals surface area contributed by atoms with Crippen molar-refractivity contribution in [1.82, 2.24) is 10.4 Å². The molecular weight excluding hydrogens is 281 g/mol. The van der Waals surface area contributed by atoms with Crippen LogP contribution in [-0.4, -0.2) is 17.1 Å². The maximum Gasteiger partial charge on any atom is 0.244 e. The van der Waals surface area contributed by atoms with E-state index in [0.29, 0.717) is 5.56 Å². The highest BCUT2D eigenvalue weighted by Gasteiger charge is 2.07. The van der Waals surface area contributed by atoms with E-state index in [1.165, 1.54) is 18.3 Å². The van der Waals surface area contributed by atoms with Crippen molar-refractivity contribution in [1.29, 1.82) is 0 Å². The zero-order valence-corrected chi connectivity index (χ0v) is 11.7. The molecular formula is C17H14FN3O. The van der Waals surface area contributed by atoms with Crippen LogP contribution in [0.4, 0.5) is 4.39 Å². The molecule has 0 aliphatic rings. The van der Waals surface area contributed by atoms with Crippen molar-refractivity contribution in [3.63, 3.8) is 0 Å². The molecule has 0 unspecified atom stereocenters. The standard InChI is InChI=1S/C17H14FN3O/c18-14-5-3-4-12(8-14)10-20-21-17(22)9-13-11-19-16-7-2-1-6-15(13)16/h1-8,10-11,19H,9H2,(H,21,22)/b20-10+. The van der Waals surface area contributed by atoms with Gasteiger partial charge in [-0.3, -0.25) is 4.79 Å². The highest BCUT2D eigenvalue weighted by Crippen LogP contribution is 2.17. The molecule has 0 saturated carbocycles. The quantitative estimate of drug-likeness (QED) is 0.564. The zero-order valence-electron chi connectivity index (χ0n) is 11.7. The van der Waals surface area contributed by atoms with Crippen molar-refractivity contribution < 1.29 is 9.18 Å². The summed E-state index contributed by atoms with van der Waals surface area (Å²) >= 11 is 0. The second kappa shape index (κ2) is 6.22. The largest absolute Gasteiger partial charge is 0.361 e. The van der Waals surface area contributed by atoms with Gasteiger partial charge in [0.2, 0.25) is 5.91 Å². The molecule has 22 heavy (non-hydrogen) atoms.